The van der Waals surface area contributed by atoms with Crippen LogP contribution in [0.5, 0.6) is 5.75 Å². The van der Waals surface area contributed by atoms with Crippen LogP contribution in [0.3, 0.4) is 0 Å². The number of hydrogen-bond acceptors (Lipinski definition) is 3. The van der Waals surface area contributed by atoms with Gasteiger partial charge in [0.1, 0.15) is 5.75 Å². The van der Waals surface area contributed by atoms with E-state index in [4.69, 9.17) is 10.5 Å². The molecule has 4 nitrogen and oxygen atoms in total. The number of benzene rings is 2. The maximum absolute atomic E-state index is 12.0. The van der Waals surface area contributed by atoms with E-state index in [1.54, 1.807) is 0 Å². The Balaban J connectivity index is 1.56. The molecular weight excluding hydrogens is 276 g/mol. The first-order valence-electron chi connectivity index (χ1n) is 7.88. The molecule has 1 fully saturated rings. The van der Waals surface area contributed by atoms with E-state index >= 15 is 0 Å². The highest BCUT2D eigenvalue weighted by molar-refractivity contribution is 5.88. The van der Waals surface area contributed by atoms with Gasteiger partial charge in [0.25, 0.3) is 5.91 Å². The Labute approximate surface area is 130 Å². The summed E-state index contributed by atoms with van der Waals surface area (Å²) >= 11 is 0. The van der Waals surface area contributed by atoms with Crippen molar-refractivity contribution in [3.05, 3.63) is 42.5 Å². The van der Waals surface area contributed by atoms with Crippen LogP contribution in [0, 0.1) is 0 Å². The van der Waals surface area contributed by atoms with Crippen LogP contribution in [0.15, 0.2) is 42.5 Å². The van der Waals surface area contributed by atoms with E-state index in [9.17, 15) is 4.79 Å². The van der Waals surface area contributed by atoms with Gasteiger partial charge in [0.05, 0.1) is 0 Å². The van der Waals surface area contributed by atoms with Gasteiger partial charge in [-0.05, 0) is 37.1 Å². The Hall–Kier alpha value is -2.07. The second-order valence-corrected chi connectivity index (χ2v) is 5.95. The van der Waals surface area contributed by atoms with Gasteiger partial charge in [0, 0.05) is 17.5 Å². The molecule has 22 heavy (non-hydrogen) atoms. The molecule has 0 heterocycles. The lowest BCUT2D eigenvalue weighted by atomic mass is 9.92. The highest BCUT2D eigenvalue weighted by Gasteiger charge is 2.20. The number of nitrogens with one attached hydrogen (secondary N) is 1. The van der Waals surface area contributed by atoms with E-state index in [0.717, 1.165) is 42.2 Å². The number of carbonyl (C=O) groups is 1. The van der Waals surface area contributed by atoms with Crippen LogP contribution in [-0.2, 0) is 4.79 Å². The van der Waals surface area contributed by atoms with Crippen LogP contribution in [0.4, 0.5) is 0 Å². The third-order valence-electron chi connectivity index (χ3n) is 4.25. The summed E-state index contributed by atoms with van der Waals surface area (Å²) in [5.41, 5.74) is 5.88. The van der Waals surface area contributed by atoms with Gasteiger partial charge >= 0.3 is 0 Å². The van der Waals surface area contributed by atoms with Crippen molar-refractivity contribution in [3.63, 3.8) is 0 Å². The van der Waals surface area contributed by atoms with Crippen LogP contribution < -0.4 is 15.8 Å². The zero-order valence-corrected chi connectivity index (χ0v) is 12.6. The summed E-state index contributed by atoms with van der Waals surface area (Å²) < 4.78 is 5.71. The molecule has 0 unspecified atom stereocenters. The van der Waals surface area contributed by atoms with Crippen molar-refractivity contribution in [3.8, 4) is 5.75 Å². The Morgan fingerprint density at radius 3 is 2.64 bits per heavy atom. The van der Waals surface area contributed by atoms with Crippen molar-refractivity contribution in [2.45, 2.75) is 37.8 Å². The van der Waals surface area contributed by atoms with Gasteiger partial charge in [0.2, 0.25) is 0 Å². The average molecular weight is 298 g/mol. The van der Waals surface area contributed by atoms with Gasteiger partial charge in [-0.1, -0.05) is 36.4 Å². The largest absolute Gasteiger partial charge is 0.483 e. The van der Waals surface area contributed by atoms with E-state index in [1.165, 1.54) is 0 Å². The minimum absolute atomic E-state index is 0.0521. The molecule has 4 heteroatoms. The Morgan fingerprint density at radius 2 is 1.82 bits per heavy atom. The van der Waals surface area contributed by atoms with Gasteiger partial charge in [-0.3, -0.25) is 4.79 Å². The SMILES string of the molecule is NC1CCC(NC(=O)COc2cccc3ccccc23)CC1. The van der Waals surface area contributed by atoms with Crippen molar-refractivity contribution >= 4 is 16.7 Å². The van der Waals surface area contributed by atoms with Gasteiger partial charge in [-0.2, -0.15) is 0 Å². The number of fused-ring (bicyclic) bond motifs is 1. The van der Waals surface area contributed by atoms with Crippen LogP contribution in [0.25, 0.3) is 10.8 Å². The second kappa shape index (κ2) is 6.79. The fourth-order valence-electron chi connectivity index (χ4n) is 3.00. The van der Waals surface area contributed by atoms with E-state index in [-0.39, 0.29) is 18.6 Å². The number of rotatable bonds is 4. The molecule has 0 spiro atoms. The first-order valence-corrected chi connectivity index (χ1v) is 7.88. The minimum atomic E-state index is -0.0617. The molecule has 2 aromatic rings. The first-order chi connectivity index (χ1) is 10.7. The normalized spacial score (nSPS) is 21.5. The van der Waals surface area contributed by atoms with Crippen LogP contribution in [0.2, 0.25) is 0 Å². The Morgan fingerprint density at radius 1 is 1.09 bits per heavy atom. The molecule has 1 aliphatic carbocycles. The lowest BCUT2D eigenvalue weighted by Crippen LogP contribution is -2.42. The fourth-order valence-corrected chi connectivity index (χ4v) is 3.00. The summed E-state index contributed by atoms with van der Waals surface area (Å²) in [5.74, 6) is 0.687. The maximum Gasteiger partial charge on any atom is 0.258 e. The van der Waals surface area contributed by atoms with Gasteiger partial charge in [0.15, 0.2) is 6.61 Å². The lowest BCUT2D eigenvalue weighted by molar-refractivity contribution is -0.124. The molecule has 0 saturated heterocycles. The predicted molar refractivity (Wildman–Crippen MR) is 87.8 cm³/mol. The number of ether oxygens (including phenoxy) is 1. The van der Waals surface area contributed by atoms with Crippen molar-refractivity contribution in [2.24, 2.45) is 5.73 Å². The number of carbonyl (C=O) groups excluding carboxylic acids is 1. The zero-order chi connectivity index (χ0) is 15.4. The smallest absolute Gasteiger partial charge is 0.258 e. The van der Waals surface area contributed by atoms with E-state index < -0.39 is 0 Å². The van der Waals surface area contributed by atoms with E-state index in [0.29, 0.717) is 6.04 Å². The minimum Gasteiger partial charge on any atom is -0.483 e. The van der Waals surface area contributed by atoms with Gasteiger partial charge in [-0.15, -0.1) is 0 Å². The molecule has 0 bridgehead atoms. The average Bonchev–Trinajstić information content (AvgIpc) is 2.55. The van der Waals surface area contributed by atoms with Gasteiger partial charge in [-0.25, -0.2) is 0 Å². The highest BCUT2D eigenvalue weighted by Crippen LogP contribution is 2.25. The van der Waals surface area contributed by atoms with Crippen molar-refractivity contribution in [2.75, 3.05) is 6.61 Å². The lowest BCUT2D eigenvalue weighted by Gasteiger charge is -2.26. The third-order valence-corrected chi connectivity index (χ3v) is 4.25. The number of amides is 1. The number of nitrogens with two attached hydrogens (primary N) is 1. The Bertz CT molecular complexity index is 643. The molecule has 0 atom stereocenters. The van der Waals surface area contributed by atoms with Gasteiger partial charge < -0.3 is 15.8 Å². The summed E-state index contributed by atoms with van der Waals surface area (Å²) in [4.78, 5) is 12.0. The van der Waals surface area contributed by atoms with Crippen LogP contribution in [-0.4, -0.2) is 24.6 Å². The van der Waals surface area contributed by atoms with Crippen LogP contribution >= 0.6 is 0 Å². The molecule has 2 aromatic carbocycles. The summed E-state index contributed by atoms with van der Waals surface area (Å²) in [6.07, 6.45) is 3.88. The van der Waals surface area contributed by atoms with Crippen LogP contribution in [0.1, 0.15) is 25.7 Å². The second-order valence-electron chi connectivity index (χ2n) is 5.95. The topological polar surface area (TPSA) is 64.3 Å². The quantitative estimate of drug-likeness (QED) is 0.912. The molecule has 0 radical (unpaired) electrons. The van der Waals surface area contributed by atoms with Crippen molar-refractivity contribution in [1.82, 2.24) is 5.32 Å². The summed E-state index contributed by atoms with van der Waals surface area (Å²) in [6, 6.07) is 14.4. The zero-order valence-electron chi connectivity index (χ0n) is 12.6. The molecular formula is C18H22N2O2. The molecule has 1 aliphatic rings. The molecule has 1 amide bonds. The summed E-state index contributed by atoms with van der Waals surface area (Å²) in [5, 5.41) is 5.18. The van der Waals surface area contributed by atoms with E-state index in [1.807, 2.05) is 42.5 Å². The monoisotopic (exact) mass is 298 g/mol. The third kappa shape index (κ3) is 3.57. The summed E-state index contributed by atoms with van der Waals surface area (Å²) in [6.45, 7) is 0.0521. The predicted octanol–water partition coefficient (Wildman–Crippen LogP) is 2.60. The Kier molecular flexibility index (Phi) is 4.59. The highest BCUT2D eigenvalue weighted by atomic mass is 16.5. The standard InChI is InChI=1S/C18H22N2O2/c19-14-8-10-15(11-9-14)20-18(21)12-22-17-7-3-5-13-4-1-2-6-16(13)17/h1-7,14-15H,8-12,19H2,(H,20,21). The summed E-state index contributed by atoms with van der Waals surface area (Å²) in [7, 11) is 0. The molecule has 116 valence electrons. The molecule has 1 saturated carbocycles. The fraction of sp³-hybridized carbons (Fsp3) is 0.389. The number of hydrogen-bond donors (Lipinski definition) is 2. The first kappa shape index (κ1) is 14.9. The maximum atomic E-state index is 12.0. The molecule has 0 aliphatic heterocycles. The molecule has 3 N–H and O–H groups in total. The molecule has 0 aromatic heterocycles. The van der Waals surface area contributed by atoms with Crippen molar-refractivity contribution < 1.29 is 9.53 Å². The van der Waals surface area contributed by atoms with Crippen molar-refractivity contribution in [1.29, 1.82) is 0 Å². The molecule has 3 rings (SSSR count). The van der Waals surface area contributed by atoms with E-state index in [2.05, 4.69) is 5.32 Å².